The first kappa shape index (κ1) is 16.2. The van der Waals surface area contributed by atoms with Crippen LogP contribution in [-0.4, -0.2) is 27.8 Å². The van der Waals surface area contributed by atoms with E-state index in [1.54, 1.807) is 6.07 Å². The second-order valence-corrected chi connectivity index (χ2v) is 5.83. The molecule has 1 atom stereocenters. The molecule has 0 radical (unpaired) electrons. The fourth-order valence-electron chi connectivity index (χ4n) is 2.20. The van der Waals surface area contributed by atoms with E-state index in [9.17, 15) is 9.90 Å². The summed E-state index contributed by atoms with van der Waals surface area (Å²) in [6, 6.07) is 10.8. The monoisotopic (exact) mass is 301 g/mol. The van der Waals surface area contributed by atoms with E-state index in [0.717, 1.165) is 24.1 Å². The van der Waals surface area contributed by atoms with Gasteiger partial charge in [0.15, 0.2) is 0 Å². The molecule has 0 aliphatic rings. The maximum Gasteiger partial charge on any atom is 0.272 e. The number of hydrogen-bond donors (Lipinski definition) is 3. The van der Waals surface area contributed by atoms with Crippen molar-refractivity contribution in [3.8, 4) is 0 Å². The van der Waals surface area contributed by atoms with Gasteiger partial charge in [0.25, 0.3) is 5.91 Å². The second-order valence-electron chi connectivity index (χ2n) is 5.83. The molecule has 0 spiro atoms. The van der Waals surface area contributed by atoms with Gasteiger partial charge in [-0.25, -0.2) is 0 Å². The van der Waals surface area contributed by atoms with Crippen LogP contribution in [0.2, 0.25) is 0 Å². The van der Waals surface area contributed by atoms with E-state index in [1.807, 2.05) is 30.3 Å². The number of aromatic amines is 1. The minimum absolute atomic E-state index is 0.152. The van der Waals surface area contributed by atoms with Gasteiger partial charge in [0.1, 0.15) is 5.69 Å². The molecule has 5 nitrogen and oxygen atoms in total. The van der Waals surface area contributed by atoms with Crippen molar-refractivity contribution in [2.45, 2.75) is 32.7 Å². The van der Waals surface area contributed by atoms with Crippen LogP contribution in [0.3, 0.4) is 0 Å². The van der Waals surface area contributed by atoms with E-state index >= 15 is 0 Å². The number of carbonyl (C=O) groups is 1. The molecular formula is C17H23N3O2. The summed E-state index contributed by atoms with van der Waals surface area (Å²) in [6.45, 7) is 4.17. The Morgan fingerprint density at radius 1 is 1.32 bits per heavy atom. The molecule has 0 saturated carbocycles. The van der Waals surface area contributed by atoms with Crippen molar-refractivity contribution in [3.05, 3.63) is 53.3 Å². The van der Waals surface area contributed by atoms with E-state index in [0.29, 0.717) is 11.6 Å². The normalized spacial score (nSPS) is 12.4. The summed E-state index contributed by atoms with van der Waals surface area (Å²) in [6.07, 6.45) is 1.92. The Labute approximate surface area is 130 Å². The van der Waals surface area contributed by atoms with Gasteiger partial charge in [0, 0.05) is 5.69 Å². The van der Waals surface area contributed by atoms with E-state index in [4.69, 9.17) is 0 Å². The Hall–Kier alpha value is -2.14. The molecule has 0 aliphatic heterocycles. The summed E-state index contributed by atoms with van der Waals surface area (Å²) < 4.78 is 0. The van der Waals surface area contributed by atoms with Crippen molar-refractivity contribution in [3.63, 3.8) is 0 Å². The van der Waals surface area contributed by atoms with E-state index < -0.39 is 6.04 Å². The molecule has 1 amide bonds. The summed E-state index contributed by atoms with van der Waals surface area (Å²) in [5.41, 5.74) is 2.18. The summed E-state index contributed by atoms with van der Waals surface area (Å²) in [5.74, 6) is 0.326. The molecule has 2 aromatic rings. The highest BCUT2D eigenvalue weighted by molar-refractivity contribution is 5.92. The van der Waals surface area contributed by atoms with Crippen molar-refractivity contribution < 1.29 is 9.90 Å². The molecule has 5 heteroatoms. The fraction of sp³-hybridized carbons (Fsp3) is 0.412. The van der Waals surface area contributed by atoms with Crippen molar-refractivity contribution >= 4 is 5.91 Å². The highest BCUT2D eigenvalue weighted by Crippen LogP contribution is 2.13. The zero-order valence-corrected chi connectivity index (χ0v) is 13.0. The number of carbonyl (C=O) groups excluding carboxylic acids is 1. The number of rotatable bonds is 7. The molecule has 1 heterocycles. The van der Waals surface area contributed by atoms with Crippen LogP contribution in [0.15, 0.2) is 36.4 Å². The van der Waals surface area contributed by atoms with Crippen LogP contribution in [0.5, 0.6) is 0 Å². The lowest BCUT2D eigenvalue weighted by Crippen LogP contribution is -2.31. The predicted molar refractivity (Wildman–Crippen MR) is 85.5 cm³/mol. The first-order chi connectivity index (χ1) is 10.6. The van der Waals surface area contributed by atoms with Crippen LogP contribution in [0, 0.1) is 5.92 Å². The molecule has 3 N–H and O–H groups in total. The van der Waals surface area contributed by atoms with Crippen molar-refractivity contribution in [2.24, 2.45) is 5.92 Å². The first-order valence-corrected chi connectivity index (χ1v) is 7.61. The maximum atomic E-state index is 12.2. The summed E-state index contributed by atoms with van der Waals surface area (Å²) in [7, 11) is 0. The van der Waals surface area contributed by atoms with E-state index in [1.165, 1.54) is 0 Å². The quantitative estimate of drug-likeness (QED) is 0.735. The van der Waals surface area contributed by atoms with Gasteiger partial charge in [-0.2, -0.15) is 5.10 Å². The Kier molecular flexibility index (Phi) is 5.72. The molecule has 0 saturated heterocycles. The number of hydrogen-bond acceptors (Lipinski definition) is 3. The van der Waals surface area contributed by atoms with Crippen molar-refractivity contribution in [1.29, 1.82) is 0 Å². The lowest BCUT2D eigenvalue weighted by molar-refractivity contribution is 0.0911. The van der Waals surface area contributed by atoms with Gasteiger partial charge in [-0.1, -0.05) is 44.2 Å². The van der Waals surface area contributed by atoms with Gasteiger partial charge in [0.2, 0.25) is 0 Å². The van der Waals surface area contributed by atoms with Gasteiger partial charge in [-0.3, -0.25) is 9.89 Å². The Bertz CT molecular complexity index is 593. The molecule has 0 fully saturated rings. The predicted octanol–water partition coefficient (Wildman–Crippen LogP) is 2.46. The second kappa shape index (κ2) is 7.75. The third-order valence-electron chi connectivity index (χ3n) is 3.54. The average molecular weight is 301 g/mol. The van der Waals surface area contributed by atoms with Crippen LogP contribution in [-0.2, 0) is 6.42 Å². The SMILES string of the molecule is CC(C)CCc1cc(C(=O)N[C@H](CO)c2ccccc2)n[nH]1. The molecule has 0 unspecified atom stereocenters. The number of benzene rings is 1. The molecule has 2 rings (SSSR count). The minimum Gasteiger partial charge on any atom is -0.394 e. The minimum atomic E-state index is -0.426. The number of aliphatic hydroxyl groups excluding tert-OH is 1. The first-order valence-electron chi connectivity index (χ1n) is 7.61. The molecule has 0 bridgehead atoms. The average Bonchev–Trinajstić information content (AvgIpc) is 3.00. The Morgan fingerprint density at radius 2 is 2.05 bits per heavy atom. The van der Waals surface area contributed by atoms with Crippen LogP contribution >= 0.6 is 0 Å². The highest BCUT2D eigenvalue weighted by atomic mass is 16.3. The summed E-state index contributed by atoms with van der Waals surface area (Å²) in [4.78, 5) is 12.2. The van der Waals surface area contributed by atoms with Crippen molar-refractivity contribution in [1.82, 2.24) is 15.5 Å². The highest BCUT2D eigenvalue weighted by Gasteiger charge is 2.17. The molecule has 22 heavy (non-hydrogen) atoms. The van der Waals surface area contributed by atoms with Crippen LogP contribution in [0.1, 0.15) is 48.1 Å². The number of nitrogens with one attached hydrogen (secondary N) is 2. The van der Waals surface area contributed by atoms with Gasteiger partial charge in [0.05, 0.1) is 12.6 Å². The van der Waals surface area contributed by atoms with Gasteiger partial charge < -0.3 is 10.4 Å². The smallest absolute Gasteiger partial charge is 0.272 e. The van der Waals surface area contributed by atoms with Crippen LogP contribution in [0.4, 0.5) is 0 Å². The van der Waals surface area contributed by atoms with Crippen molar-refractivity contribution in [2.75, 3.05) is 6.61 Å². The number of aromatic nitrogens is 2. The molecular weight excluding hydrogens is 278 g/mol. The third kappa shape index (κ3) is 4.43. The Morgan fingerprint density at radius 3 is 2.68 bits per heavy atom. The lowest BCUT2D eigenvalue weighted by atomic mass is 10.1. The van der Waals surface area contributed by atoms with Gasteiger partial charge in [-0.15, -0.1) is 0 Å². The number of aryl methyl sites for hydroxylation is 1. The summed E-state index contributed by atoms with van der Waals surface area (Å²) >= 11 is 0. The number of amides is 1. The number of nitrogens with zero attached hydrogens (tertiary/aromatic N) is 1. The molecule has 0 aliphatic carbocycles. The van der Waals surface area contributed by atoms with E-state index in [2.05, 4.69) is 29.4 Å². The third-order valence-corrected chi connectivity index (χ3v) is 3.54. The molecule has 118 valence electrons. The molecule has 1 aromatic carbocycles. The Balaban J connectivity index is 1.99. The van der Waals surface area contributed by atoms with E-state index in [-0.39, 0.29) is 12.5 Å². The number of aliphatic hydroxyl groups is 1. The standard InChI is InChI=1S/C17H23N3O2/c1-12(2)8-9-14-10-15(20-19-14)17(22)18-16(11-21)13-6-4-3-5-7-13/h3-7,10,12,16,21H,8-9,11H2,1-2H3,(H,18,22)(H,19,20)/t16-/m1/s1. The fourth-order valence-corrected chi connectivity index (χ4v) is 2.20. The topological polar surface area (TPSA) is 78.0 Å². The number of H-pyrrole nitrogens is 1. The maximum absolute atomic E-state index is 12.2. The molecule has 1 aromatic heterocycles. The van der Waals surface area contributed by atoms with Gasteiger partial charge >= 0.3 is 0 Å². The lowest BCUT2D eigenvalue weighted by Gasteiger charge is -2.15. The largest absolute Gasteiger partial charge is 0.394 e. The van der Waals surface area contributed by atoms with Gasteiger partial charge in [-0.05, 0) is 30.4 Å². The zero-order chi connectivity index (χ0) is 15.9. The summed E-state index contributed by atoms with van der Waals surface area (Å²) in [5, 5.41) is 19.2. The van der Waals surface area contributed by atoms with Crippen LogP contribution < -0.4 is 5.32 Å². The van der Waals surface area contributed by atoms with Crippen LogP contribution in [0.25, 0.3) is 0 Å². The zero-order valence-electron chi connectivity index (χ0n) is 13.0.